The number of anilines is 2. The zero-order valence-electron chi connectivity index (χ0n) is 24.8. The fourth-order valence-corrected chi connectivity index (χ4v) is 5.13. The number of fused-ring (bicyclic) bond motifs is 2. The van der Waals surface area contributed by atoms with E-state index in [1.54, 1.807) is 54.6 Å². The van der Waals surface area contributed by atoms with Gasteiger partial charge in [0.05, 0.1) is 10.9 Å². The maximum absolute atomic E-state index is 13.3. The van der Waals surface area contributed by atoms with E-state index in [9.17, 15) is 27.9 Å². The first-order chi connectivity index (χ1) is 22.9. The van der Waals surface area contributed by atoms with Crippen LogP contribution in [0.15, 0.2) is 89.3 Å². The second kappa shape index (κ2) is 12.4. The predicted molar refractivity (Wildman–Crippen MR) is 169 cm³/mol. The van der Waals surface area contributed by atoms with Crippen LogP contribution in [0.2, 0.25) is 0 Å². The molecule has 0 radical (unpaired) electrons. The summed E-state index contributed by atoms with van der Waals surface area (Å²) in [6.07, 6.45) is -4.70. The molecule has 11 nitrogen and oxygen atoms in total. The first kappa shape index (κ1) is 31.5. The number of hydrogen-bond acceptors (Lipinski definition) is 9. The van der Waals surface area contributed by atoms with Crippen LogP contribution in [0.3, 0.4) is 0 Å². The Labute approximate surface area is 269 Å². The van der Waals surface area contributed by atoms with Crippen LogP contribution in [0.25, 0.3) is 33.4 Å². The average Bonchev–Trinajstić information content (AvgIpc) is 3.04. The zero-order chi connectivity index (χ0) is 34.2. The molecule has 3 aromatic carbocycles. The van der Waals surface area contributed by atoms with Crippen molar-refractivity contribution in [3.63, 3.8) is 0 Å². The lowest BCUT2D eigenvalue weighted by atomic mass is 9.89. The standard InChI is InChI=1S/C34H25F3N6O5/c35-34(36,37)28-14-29(43-33(40)42-28)47-16-18-3-1-17(2-4-18)15-41-31(44)19-5-8-22(32(45)46)25(11-19)30-23-9-6-20(38)12-26(23)48-27-13-21(39)7-10-24(27)30/h1-14,38H,15-16,39H2,(H,41,44)(H,45,46)(H2,40,42,43). The highest BCUT2D eigenvalue weighted by Crippen LogP contribution is 2.42. The molecule has 14 heteroatoms. The van der Waals surface area contributed by atoms with E-state index in [0.29, 0.717) is 50.7 Å². The molecule has 0 saturated heterocycles. The van der Waals surface area contributed by atoms with Crippen LogP contribution < -0.4 is 26.9 Å². The summed E-state index contributed by atoms with van der Waals surface area (Å²) in [5, 5.41) is 21.7. The first-order valence-electron chi connectivity index (χ1n) is 14.2. The van der Waals surface area contributed by atoms with Crippen molar-refractivity contribution in [1.82, 2.24) is 15.3 Å². The lowest BCUT2D eigenvalue weighted by molar-refractivity contribution is -0.141. The lowest BCUT2D eigenvalue weighted by Gasteiger charge is -2.18. The molecular formula is C34H25F3N6O5. The van der Waals surface area contributed by atoms with E-state index in [0.717, 1.165) is 0 Å². The van der Waals surface area contributed by atoms with E-state index < -0.39 is 29.7 Å². The minimum Gasteiger partial charge on any atom is -0.478 e. The summed E-state index contributed by atoms with van der Waals surface area (Å²) in [5.41, 5.74) is 13.8. The van der Waals surface area contributed by atoms with Gasteiger partial charge < -0.3 is 36.5 Å². The monoisotopic (exact) mass is 654 g/mol. The molecule has 1 aliphatic heterocycles. The van der Waals surface area contributed by atoms with Crippen molar-refractivity contribution < 1.29 is 37.0 Å². The Morgan fingerprint density at radius 1 is 0.896 bits per heavy atom. The number of carboxylic acids is 1. The van der Waals surface area contributed by atoms with Crippen molar-refractivity contribution in [3.8, 4) is 28.3 Å². The number of nitrogens with two attached hydrogens (primary N) is 2. The van der Waals surface area contributed by atoms with E-state index in [1.807, 2.05) is 0 Å². The van der Waals surface area contributed by atoms with Crippen molar-refractivity contribution in [2.75, 3.05) is 11.5 Å². The van der Waals surface area contributed by atoms with Crippen LogP contribution in [0.4, 0.5) is 24.8 Å². The van der Waals surface area contributed by atoms with Gasteiger partial charge in [-0.1, -0.05) is 24.3 Å². The molecule has 0 unspecified atom stereocenters. The maximum Gasteiger partial charge on any atom is 0.433 e. The highest BCUT2D eigenvalue weighted by molar-refractivity contribution is 6.09. The van der Waals surface area contributed by atoms with Gasteiger partial charge in [0, 0.05) is 52.5 Å². The first-order valence-corrected chi connectivity index (χ1v) is 14.2. The third-order valence-electron chi connectivity index (χ3n) is 7.40. The number of carbonyl (C=O) groups excluding carboxylic acids is 1. The van der Waals surface area contributed by atoms with Gasteiger partial charge in [0.15, 0.2) is 5.69 Å². The third kappa shape index (κ3) is 6.58. The SMILES string of the molecule is N=c1ccc2c(-c3cc(C(=O)NCc4ccc(COc5cc(C(F)(F)F)nc(N)n5)cc4)ccc3C(=O)O)c3ccc(N)cc3oc-2c1. The second-order valence-corrected chi connectivity index (χ2v) is 10.7. The Hall–Kier alpha value is -6.44. The summed E-state index contributed by atoms with van der Waals surface area (Å²) in [4.78, 5) is 32.5. The Balaban J connectivity index is 1.22. The summed E-state index contributed by atoms with van der Waals surface area (Å²) in [6, 6.07) is 21.5. The number of ether oxygens (including phenoxy) is 1. The van der Waals surface area contributed by atoms with Crippen LogP contribution in [0.5, 0.6) is 5.88 Å². The number of alkyl halides is 3. The van der Waals surface area contributed by atoms with Gasteiger partial charge in [0.1, 0.15) is 18.0 Å². The van der Waals surface area contributed by atoms with Crippen LogP contribution in [0.1, 0.15) is 37.5 Å². The van der Waals surface area contributed by atoms with E-state index in [1.165, 1.54) is 24.3 Å². The number of carboxylic acid groups (broad SMARTS) is 1. The number of nitrogens with zero attached hydrogens (tertiary/aromatic N) is 2. The number of nitrogen functional groups attached to an aromatic ring is 2. The lowest BCUT2D eigenvalue weighted by Crippen LogP contribution is -2.23. The predicted octanol–water partition coefficient (Wildman–Crippen LogP) is 5.86. The average molecular weight is 655 g/mol. The van der Waals surface area contributed by atoms with Gasteiger partial charge in [0.25, 0.3) is 5.91 Å². The minimum absolute atomic E-state index is 0.0378. The van der Waals surface area contributed by atoms with Gasteiger partial charge in [0.2, 0.25) is 11.8 Å². The molecule has 7 N–H and O–H groups in total. The molecule has 1 amide bonds. The molecule has 4 aromatic rings. The van der Waals surface area contributed by atoms with Crippen LogP contribution in [-0.4, -0.2) is 27.0 Å². The number of amides is 1. The van der Waals surface area contributed by atoms with Gasteiger partial charge in [-0.2, -0.15) is 18.2 Å². The molecule has 0 saturated carbocycles. The summed E-state index contributed by atoms with van der Waals surface area (Å²) in [7, 11) is 0. The number of nitrogens with one attached hydrogen (secondary N) is 2. The van der Waals surface area contributed by atoms with Gasteiger partial charge in [-0.3, -0.25) is 4.79 Å². The molecule has 2 heterocycles. The van der Waals surface area contributed by atoms with Gasteiger partial charge in [-0.15, -0.1) is 0 Å². The van der Waals surface area contributed by atoms with Gasteiger partial charge in [-0.05, 0) is 59.2 Å². The molecule has 242 valence electrons. The zero-order valence-corrected chi connectivity index (χ0v) is 24.8. The minimum atomic E-state index is -4.70. The number of carbonyl (C=O) groups is 2. The van der Waals surface area contributed by atoms with E-state index in [4.69, 9.17) is 26.0 Å². The highest BCUT2D eigenvalue weighted by atomic mass is 19.4. The largest absolute Gasteiger partial charge is 0.478 e. The van der Waals surface area contributed by atoms with Crippen LogP contribution >= 0.6 is 0 Å². The molecule has 48 heavy (non-hydrogen) atoms. The summed E-state index contributed by atoms with van der Waals surface area (Å²) in [5.74, 6) is -2.20. The second-order valence-electron chi connectivity index (χ2n) is 10.7. The smallest absolute Gasteiger partial charge is 0.433 e. The van der Waals surface area contributed by atoms with Gasteiger partial charge >= 0.3 is 12.1 Å². The number of rotatable bonds is 8. The van der Waals surface area contributed by atoms with E-state index in [-0.39, 0.29) is 41.1 Å². The Morgan fingerprint density at radius 3 is 2.38 bits per heavy atom. The highest BCUT2D eigenvalue weighted by Gasteiger charge is 2.34. The third-order valence-corrected chi connectivity index (χ3v) is 7.40. The summed E-state index contributed by atoms with van der Waals surface area (Å²) >= 11 is 0. The summed E-state index contributed by atoms with van der Waals surface area (Å²) in [6.45, 7) is 0.0277. The van der Waals surface area contributed by atoms with Gasteiger partial charge in [-0.25, -0.2) is 9.78 Å². The Morgan fingerprint density at radius 2 is 1.65 bits per heavy atom. The van der Waals surface area contributed by atoms with Crippen molar-refractivity contribution >= 4 is 34.5 Å². The van der Waals surface area contributed by atoms with Crippen molar-refractivity contribution in [1.29, 1.82) is 5.41 Å². The molecule has 0 fully saturated rings. The van der Waals surface area contributed by atoms with Crippen molar-refractivity contribution in [2.24, 2.45) is 0 Å². The Kier molecular flexibility index (Phi) is 8.14. The number of benzene rings is 4. The number of aromatic nitrogens is 2. The number of hydrogen-bond donors (Lipinski definition) is 5. The topological polar surface area (TPSA) is 190 Å². The normalized spacial score (nSPS) is 11.5. The number of halogens is 3. The fraction of sp³-hybridized carbons (Fsp3) is 0.0882. The quantitative estimate of drug-likeness (QED) is 0.0988. The molecule has 0 spiro atoms. The molecular weight excluding hydrogens is 629 g/mol. The molecule has 6 rings (SSSR count). The van der Waals surface area contributed by atoms with Crippen molar-refractivity contribution in [2.45, 2.75) is 19.3 Å². The molecule has 1 aliphatic carbocycles. The van der Waals surface area contributed by atoms with Crippen LogP contribution in [0, 0.1) is 5.41 Å². The molecule has 0 bridgehead atoms. The molecule has 2 aliphatic rings. The van der Waals surface area contributed by atoms with E-state index in [2.05, 4.69) is 15.3 Å². The molecule has 1 aromatic heterocycles. The van der Waals surface area contributed by atoms with Crippen LogP contribution in [-0.2, 0) is 19.3 Å². The summed E-state index contributed by atoms with van der Waals surface area (Å²) < 4.78 is 50.4. The Bertz CT molecular complexity index is 2240. The fourth-order valence-electron chi connectivity index (χ4n) is 5.13. The number of aromatic carboxylic acids is 1. The van der Waals surface area contributed by atoms with Crippen molar-refractivity contribution in [3.05, 3.63) is 118 Å². The van der Waals surface area contributed by atoms with E-state index >= 15 is 0 Å². The molecule has 0 atom stereocenters. The maximum atomic E-state index is 13.3.